The van der Waals surface area contributed by atoms with E-state index in [0.717, 1.165) is 6.07 Å². The molecule has 0 aliphatic heterocycles. The van der Waals surface area contributed by atoms with Crippen LogP contribution in [-0.2, 0) is 6.42 Å². The Bertz CT molecular complexity index is 649. The number of hydrogen-bond donors (Lipinski definition) is 1. The lowest BCUT2D eigenvalue weighted by Crippen LogP contribution is -2.11. The number of rotatable bonds is 3. The highest BCUT2D eigenvalue weighted by atomic mass is 79.9. The third-order valence-electron chi connectivity index (χ3n) is 3.01. The average molecular weight is 343 g/mol. The molecule has 1 heterocycles. The van der Waals surface area contributed by atoms with Gasteiger partial charge in [0.1, 0.15) is 17.7 Å². The molecule has 1 aromatic carbocycles. The molecule has 0 aliphatic rings. The fourth-order valence-electron chi connectivity index (χ4n) is 1.99. The smallest absolute Gasteiger partial charge is 0.146 e. The summed E-state index contributed by atoms with van der Waals surface area (Å²) in [4.78, 5) is 0. The highest BCUT2D eigenvalue weighted by molar-refractivity contribution is 9.10. The number of aryl methyl sites for hydroxylation is 2. The first-order chi connectivity index (χ1) is 9.45. The Labute approximate surface area is 123 Å². The highest BCUT2D eigenvalue weighted by Gasteiger charge is 2.24. The molecular formula is C14H13BrF2N2O. The predicted octanol–water partition coefficient (Wildman–Crippen LogP) is 3.47. The van der Waals surface area contributed by atoms with Crippen LogP contribution in [0.1, 0.15) is 35.5 Å². The van der Waals surface area contributed by atoms with Crippen LogP contribution < -0.4 is 0 Å². The number of benzene rings is 1. The maximum absolute atomic E-state index is 14.1. The molecular weight excluding hydrogens is 330 g/mol. The molecule has 2 rings (SSSR count). The lowest BCUT2D eigenvalue weighted by atomic mass is 9.98. The molecule has 0 aliphatic carbocycles. The van der Waals surface area contributed by atoms with E-state index in [2.05, 4.69) is 26.1 Å². The van der Waals surface area contributed by atoms with E-state index in [-0.39, 0.29) is 10.0 Å². The second kappa shape index (κ2) is 5.93. The summed E-state index contributed by atoms with van der Waals surface area (Å²) >= 11 is 2.99. The normalized spacial score (nSPS) is 12.5. The van der Waals surface area contributed by atoms with Gasteiger partial charge in [-0.15, -0.1) is 0 Å². The van der Waals surface area contributed by atoms with Gasteiger partial charge in [0, 0.05) is 5.56 Å². The molecule has 1 N–H and O–H groups in total. The first kappa shape index (κ1) is 15.0. The van der Waals surface area contributed by atoms with E-state index in [9.17, 15) is 13.9 Å². The summed E-state index contributed by atoms with van der Waals surface area (Å²) in [5.74, 6) is -1.61. The van der Waals surface area contributed by atoms with Gasteiger partial charge in [-0.3, -0.25) is 0 Å². The fraction of sp³-hybridized carbons (Fsp3) is 0.286. The Morgan fingerprint density at radius 3 is 2.65 bits per heavy atom. The van der Waals surface area contributed by atoms with Crippen LogP contribution in [0.3, 0.4) is 0 Å². The number of aromatic nitrogens is 2. The maximum Gasteiger partial charge on any atom is 0.146 e. The van der Waals surface area contributed by atoms with E-state index in [1.54, 1.807) is 13.0 Å². The maximum atomic E-state index is 14.1. The molecule has 0 bridgehead atoms. The lowest BCUT2D eigenvalue weighted by molar-refractivity contribution is 0.207. The zero-order valence-electron chi connectivity index (χ0n) is 11.0. The zero-order valence-corrected chi connectivity index (χ0v) is 12.6. The molecule has 2 aromatic rings. The molecule has 1 unspecified atom stereocenters. The monoisotopic (exact) mass is 342 g/mol. The van der Waals surface area contributed by atoms with Gasteiger partial charge < -0.3 is 5.11 Å². The molecule has 106 valence electrons. The molecule has 1 aromatic heterocycles. The third kappa shape index (κ3) is 2.71. The number of hydrogen-bond acceptors (Lipinski definition) is 3. The molecule has 3 nitrogen and oxygen atoms in total. The van der Waals surface area contributed by atoms with E-state index < -0.39 is 17.7 Å². The van der Waals surface area contributed by atoms with Crippen molar-refractivity contribution in [1.29, 1.82) is 0 Å². The number of aliphatic hydroxyl groups excluding tert-OH is 1. The molecule has 6 heteroatoms. The summed E-state index contributed by atoms with van der Waals surface area (Å²) in [5, 5.41) is 18.2. The van der Waals surface area contributed by atoms with Crippen LogP contribution in [-0.4, -0.2) is 15.3 Å². The standard InChI is InChI=1S/C14H13BrF2N2O/c1-3-11-8(6-7(2)18-19-11)14(20)12-10(16)5-4-9(15)13(12)17/h4-6,14,20H,3H2,1-2H3. The van der Waals surface area contributed by atoms with Gasteiger partial charge in [0.25, 0.3) is 0 Å². The van der Waals surface area contributed by atoms with Gasteiger partial charge in [0.05, 0.1) is 21.4 Å². The summed E-state index contributed by atoms with van der Waals surface area (Å²) in [7, 11) is 0. The molecule has 0 saturated heterocycles. The van der Waals surface area contributed by atoms with Crippen LogP contribution in [0.5, 0.6) is 0 Å². The Morgan fingerprint density at radius 2 is 2.00 bits per heavy atom. The second-order valence-electron chi connectivity index (χ2n) is 4.40. The van der Waals surface area contributed by atoms with Crippen molar-refractivity contribution in [3.63, 3.8) is 0 Å². The van der Waals surface area contributed by atoms with Crippen LogP contribution in [0.15, 0.2) is 22.7 Å². The minimum Gasteiger partial charge on any atom is -0.383 e. The summed E-state index contributed by atoms with van der Waals surface area (Å²) in [5.41, 5.74) is 1.08. The van der Waals surface area contributed by atoms with Crippen LogP contribution in [0, 0.1) is 18.6 Å². The summed E-state index contributed by atoms with van der Waals surface area (Å²) in [6, 6.07) is 3.97. The Morgan fingerprint density at radius 1 is 1.30 bits per heavy atom. The molecule has 0 spiro atoms. The van der Waals surface area contributed by atoms with Crippen molar-refractivity contribution in [3.8, 4) is 0 Å². The zero-order chi connectivity index (χ0) is 14.9. The lowest BCUT2D eigenvalue weighted by Gasteiger charge is -2.16. The van der Waals surface area contributed by atoms with Crippen molar-refractivity contribution in [1.82, 2.24) is 10.2 Å². The van der Waals surface area contributed by atoms with Crippen molar-refractivity contribution < 1.29 is 13.9 Å². The number of nitrogens with zero attached hydrogens (tertiary/aromatic N) is 2. The Kier molecular flexibility index (Phi) is 4.45. The highest BCUT2D eigenvalue weighted by Crippen LogP contribution is 2.31. The first-order valence-electron chi connectivity index (χ1n) is 6.10. The van der Waals surface area contributed by atoms with Crippen LogP contribution in [0.2, 0.25) is 0 Å². The summed E-state index contributed by atoms with van der Waals surface area (Å²) < 4.78 is 28.0. The van der Waals surface area contributed by atoms with Crippen molar-refractivity contribution >= 4 is 15.9 Å². The van der Waals surface area contributed by atoms with Gasteiger partial charge in [0.2, 0.25) is 0 Å². The average Bonchev–Trinajstić information content (AvgIpc) is 2.43. The van der Waals surface area contributed by atoms with Crippen molar-refractivity contribution in [2.75, 3.05) is 0 Å². The van der Waals surface area contributed by atoms with E-state index in [0.29, 0.717) is 23.4 Å². The largest absolute Gasteiger partial charge is 0.383 e. The van der Waals surface area contributed by atoms with E-state index in [4.69, 9.17) is 0 Å². The predicted molar refractivity (Wildman–Crippen MR) is 74.3 cm³/mol. The molecule has 0 saturated carbocycles. The fourth-order valence-corrected chi connectivity index (χ4v) is 2.34. The first-order valence-corrected chi connectivity index (χ1v) is 6.89. The van der Waals surface area contributed by atoms with E-state index in [1.165, 1.54) is 6.07 Å². The molecule has 0 amide bonds. The second-order valence-corrected chi connectivity index (χ2v) is 5.26. The van der Waals surface area contributed by atoms with Crippen LogP contribution in [0.4, 0.5) is 8.78 Å². The quantitative estimate of drug-likeness (QED) is 0.868. The van der Waals surface area contributed by atoms with Crippen molar-refractivity contribution in [3.05, 3.63) is 56.8 Å². The summed E-state index contributed by atoms with van der Waals surface area (Å²) in [6.07, 6.45) is -0.909. The van der Waals surface area contributed by atoms with Crippen molar-refractivity contribution in [2.24, 2.45) is 0 Å². The third-order valence-corrected chi connectivity index (χ3v) is 3.62. The molecule has 1 atom stereocenters. The number of aliphatic hydroxyl groups is 1. The number of halogens is 3. The van der Waals surface area contributed by atoms with Gasteiger partial charge in [-0.2, -0.15) is 10.2 Å². The van der Waals surface area contributed by atoms with E-state index in [1.807, 2.05) is 6.92 Å². The summed E-state index contributed by atoms with van der Waals surface area (Å²) in [6.45, 7) is 3.54. The van der Waals surface area contributed by atoms with Crippen molar-refractivity contribution in [2.45, 2.75) is 26.4 Å². The SMILES string of the molecule is CCc1nnc(C)cc1C(O)c1c(F)ccc(Br)c1F. The molecule has 20 heavy (non-hydrogen) atoms. The van der Waals surface area contributed by atoms with E-state index >= 15 is 0 Å². The van der Waals surface area contributed by atoms with Crippen LogP contribution in [0.25, 0.3) is 0 Å². The van der Waals surface area contributed by atoms with Gasteiger partial charge in [-0.05, 0) is 47.5 Å². The van der Waals surface area contributed by atoms with Gasteiger partial charge in [-0.1, -0.05) is 6.92 Å². The van der Waals surface area contributed by atoms with Gasteiger partial charge in [0.15, 0.2) is 0 Å². The Balaban J connectivity index is 2.60. The minimum atomic E-state index is -1.42. The minimum absolute atomic E-state index is 0.102. The van der Waals surface area contributed by atoms with Gasteiger partial charge in [-0.25, -0.2) is 8.78 Å². The molecule has 0 fully saturated rings. The molecule has 0 radical (unpaired) electrons. The van der Waals surface area contributed by atoms with Gasteiger partial charge >= 0.3 is 0 Å². The Hall–Kier alpha value is -1.40. The topological polar surface area (TPSA) is 46.0 Å². The van der Waals surface area contributed by atoms with Crippen LogP contribution >= 0.6 is 15.9 Å².